The normalized spacial score (nSPS) is 10.7. The first-order valence-corrected chi connectivity index (χ1v) is 8.98. The molecule has 2 aromatic rings. The fourth-order valence-electron chi connectivity index (χ4n) is 1.82. The number of nitrogens with one attached hydrogen (secondary N) is 1. The molecular formula is C17H16BrIN2O2. The number of hydrogen-bond donors (Lipinski definition) is 1. The lowest BCUT2D eigenvalue weighted by atomic mass is 10.2. The van der Waals surface area contributed by atoms with Crippen LogP contribution in [0.15, 0.2) is 52.0 Å². The lowest BCUT2D eigenvalue weighted by molar-refractivity contribution is 0.0955. The number of benzene rings is 2. The first-order valence-electron chi connectivity index (χ1n) is 7.11. The third kappa shape index (κ3) is 5.62. The number of halogens is 2. The lowest BCUT2D eigenvalue weighted by Crippen LogP contribution is -2.17. The number of ether oxygens (including phenoxy) is 1. The van der Waals surface area contributed by atoms with Gasteiger partial charge in [-0.2, -0.15) is 5.10 Å². The summed E-state index contributed by atoms with van der Waals surface area (Å²) >= 11 is 5.59. The molecule has 1 amide bonds. The van der Waals surface area contributed by atoms with Crippen LogP contribution in [0, 0.1) is 3.57 Å². The Bertz CT molecular complexity index is 719. The van der Waals surface area contributed by atoms with E-state index in [1.165, 1.54) is 0 Å². The van der Waals surface area contributed by atoms with Gasteiger partial charge in [-0.15, -0.1) is 0 Å². The molecule has 0 fully saturated rings. The Labute approximate surface area is 157 Å². The van der Waals surface area contributed by atoms with E-state index in [2.05, 4.69) is 49.0 Å². The number of carbonyl (C=O) groups is 1. The quantitative estimate of drug-likeness (QED) is 0.368. The molecule has 0 bridgehead atoms. The topological polar surface area (TPSA) is 50.7 Å². The lowest BCUT2D eigenvalue weighted by Gasteiger charge is -2.08. The van der Waals surface area contributed by atoms with E-state index in [0.717, 1.165) is 25.8 Å². The molecule has 0 saturated heterocycles. The molecule has 0 aromatic heterocycles. The van der Waals surface area contributed by atoms with Crippen LogP contribution in [0.5, 0.6) is 5.75 Å². The van der Waals surface area contributed by atoms with E-state index >= 15 is 0 Å². The smallest absolute Gasteiger partial charge is 0.271 e. The molecule has 0 heterocycles. The van der Waals surface area contributed by atoms with Crippen molar-refractivity contribution in [1.82, 2.24) is 5.43 Å². The van der Waals surface area contributed by atoms with Gasteiger partial charge >= 0.3 is 0 Å². The van der Waals surface area contributed by atoms with Gasteiger partial charge in [0.15, 0.2) is 0 Å². The molecule has 120 valence electrons. The van der Waals surface area contributed by atoms with Gasteiger partial charge in [0.05, 0.1) is 12.8 Å². The highest BCUT2D eigenvalue weighted by Crippen LogP contribution is 2.22. The molecule has 2 rings (SSSR count). The maximum Gasteiger partial charge on any atom is 0.271 e. The van der Waals surface area contributed by atoms with Crippen LogP contribution in [0.2, 0.25) is 0 Å². The van der Waals surface area contributed by atoms with Crippen molar-refractivity contribution in [2.45, 2.75) is 13.3 Å². The van der Waals surface area contributed by atoms with Crippen molar-refractivity contribution in [3.05, 3.63) is 61.6 Å². The third-order valence-corrected chi connectivity index (χ3v) is 4.05. The Balaban J connectivity index is 2.07. The average molecular weight is 487 g/mol. The molecule has 0 saturated carbocycles. The van der Waals surface area contributed by atoms with Crippen LogP contribution in [0.4, 0.5) is 0 Å². The van der Waals surface area contributed by atoms with Crippen LogP contribution in [0.25, 0.3) is 0 Å². The summed E-state index contributed by atoms with van der Waals surface area (Å²) in [6, 6.07) is 13.0. The Kier molecular flexibility index (Phi) is 7.04. The van der Waals surface area contributed by atoms with Crippen molar-refractivity contribution in [1.29, 1.82) is 0 Å². The zero-order valence-corrected chi connectivity index (χ0v) is 16.3. The Morgan fingerprint density at radius 3 is 2.91 bits per heavy atom. The van der Waals surface area contributed by atoms with Gasteiger partial charge in [-0.3, -0.25) is 4.79 Å². The van der Waals surface area contributed by atoms with Crippen LogP contribution in [0.1, 0.15) is 29.3 Å². The second kappa shape index (κ2) is 9.02. The number of amides is 1. The molecule has 0 aliphatic carbocycles. The zero-order valence-electron chi connectivity index (χ0n) is 12.6. The van der Waals surface area contributed by atoms with Gasteiger partial charge in [-0.1, -0.05) is 28.9 Å². The predicted molar refractivity (Wildman–Crippen MR) is 104 cm³/mol. The van der Waals surface area contributed by atoms with Crippen LogP contribution < -0.4 is 10.2 Å². The number of carbonyl (C=O) groups excluding carboxylic acids is 1. The summed E-state index contributed by atoms with van der Waals surface area (Å²) in [5.74, 6) is 0.494. The molecule has 0 unspecified atom stereocenters. The largest absolute Gasteiger partial charge is 0.493 e. The summed E-state index contributed by atoms with van der Waals surface area (Å²) in [5, 5.41) is 4.03. The summed E-state index contributed by atoms with van der Waals surface area (Å²) in [5.41, 5.74) is 3.91. The molecule has 2 aromatic carbocycles. The molecule has 4 nitrogen and oxygen atoms in total. The molecule has 6 heteroatoms. The number of hydrazone groups is 1. The van der Waals surface area contributed by atoms with Crippen LogP contribution >= 0.6 is 38.5 Å². The number of nitrogens with zero attached hydrogens (tertiary/aromatic N) is 1. The van der Waals surface area contributed by atoms with E-state index in [9.17, 15) is 4.79 Å². The standard InChI is InChI=1S/C17H16BrIN2O2/c1-2-8-23-16-7-6-14(18)9-13(16)11-20-21-17(22)12-4-3-5-15(19)10-12/h3-7,9-11H,2,8H2,1H3,(H,21,22)/b20-11-. The summed E-state index contributed by atoms with van der Waals surface area (Å²) in [4.78, 5) is 12.0. The van der Waals surface area contributed by atoms with Crippen LogP contribution in [-0.2, 0) is 0 Å². The van der Waals surface area contributed by atoms with Crippen molar-refractivity contribution in [2.75, 3.05) is 6.61 Å². The molecule has 0 atom stereocenters. The van der Waals surface area contributed by atoms with Gasteiger partial charge in [0, 0.05) is 19.2 Å². The molecule has 0 spiro atoms. The van der Waals surface area contributed by atoms with Crippen LogP contribution in [-0.4, -0.2) is 18.7 Å². The Morgan fingerprint density at radius 1 is 1.35 bits per heavy atom. The molecular weight excluding hydrogens is 471 g/mol. The predicted octanol–water partition coefficient (Wildman–Crippen LogP) is 4.61. The van der Waals surface area contributed by atoms with Crippen molar-refractivity contribution >= 4 is 50.6 Å². The van der Waals surface area contributed by atoms with Gasteiger partial charge in [-0.25, -0.2) is 5.43 Å². The van der Waals surface area contributed by atoms with E-state index in [1.54, 1.807) is 18.3 Å². The van der Waals surface area contributed by atoms with Crippen LogP contribution in [0.3, 0.4) is 0 Å². The Morgan fingerprint density at radius 2 is 2.17 bits per heavy atom. The van der Waals surface area contributed by atoms with Gasteiger partial charge in [0.25, 0.3) is 5.91 Å². The molecule has 1 N–H and O–H groups in total. The fourth-order valence-corrected chi connectivity index (χ4v) is 2.74. The van der Waals surface area contributed by atoms with Gasteiger partial charge in [0.1, 0.15) is 5.75 Å². The summed E-state index contributed by atoms with van der Waals surface area (Å²) in [6.45, 7) is 2.69. The summed E-state index contributed by atoms with van der Waals surface area (Å²) in [6.07, 6.45) is 2.51. The minimum atomic E-state index is -0.245. The van der Waals surface area contributed by atoms with E-state index in [1.807, 2.05) is 37.3 Å². The van der Waals surface area contributed by atoms with Crippen molar-refractivity contribution in [2.24, 2.45) is 5.10 Å². The molecule has 23 heavy (non-hydrogen) atoms. The van der Waals surface area contributed by atoms with E-state index in [4.69, 9.17) is 4.74 Å². The summed E-state index contributed by atoms with van der Waals surface area (Å²) in [7, 11) is 0. The third-order valence-electron chi connectivity index (χ3n) is 2.89. The van der Waals surface area contributed by atoms with Gasteiger partial charge < -0.3 is 4.74 Å². The second-order valence-electron chi connectivity index (χ2n) is 4.74. The summed E-state index contributed by atoms with van der Waals surface area (Å²) < 4.78 is 7.60. The highest BCUT2D eigenvalue weighted by Gasteiger charge is 2.05. The SMILES string of the molecule is CCCOc1ccc(Br)cc1/C=N\NC(=O)c1cccc(I)c1. The monoisotopic (exact) mass is 486 g/mol. The first-order chi connectivity index (χ1) is 11.1. The van der Waals surface area contributed by atoms with Crippen molar-refractivity contribution in [3.63, 3.8) is 0 Å². The maximum absolute atomic E-state index is 12.0. The molecule has 0 radical (unpaired) electrons. The fraction of sp³-hybridized carbons (Fsp3) is 0.176. The maximum atomic E-state index is 12.0. The van der Waals surface area contributed by atoms with E-state index in [0.29, 0.717) is 12.2 Å². The molecule has 0 aliphatic heterocycles. The van der Waals surface area contributed by atoms with Crippen molar-refractivity contribution in [3.8, 4) is 5.75 Å². The minimum absolute atomic E-state index is 0.245. The van der Waals surface area contributed by atoms with E-state index < -0.39 is 0 Å². The first kappa shape index (κ1) is 17.9. The van der Waals surface area contributed by atoms with Gasteiger partial charge in [-0.05, 0) is 65.4 Å². The number of hydrogen-bond acceptors (Lipinski definition) is 3. The Hall–Kier alpha value is -1.41. The minimum Gasteiger partial charge on any atom is -0.493 e. The van der Waals surface area contributed by atoms with Crippen molar-refractivity contribution < 1.29 is 9.53 Å². The second-order valence-corrected chi connectivity index (χ2v) is 6.90. The molecule has 0 aliphatic rings. The zero-order chi connectivity index (χ0) is 16.7. The van der Waals surface area contributed by atoms with E-state index in [-0.39, 0.29) is 5.91 Å². The van der Waals surface area contributed by atoms with Gasteiger partial charge in [0.2, 0.25) is 0 Å². The highest BCUT2D eigenvalue weighted by atomic mass is 127. The number of rotatable bonds is 6. The average Bonchev–Trinajstić information content (AvgIpc) is 2.54. The highest BCUT2D eigenvalue weighted by molar-refractivity contribution is 14.1.